The van der Waals surface area contributed by atoms with E-state index in [-0.39, 0.29) is 11.3 Å². The summed E-state index contributed by atoms with van der Waals surface area (Å²) in [5.74, 6) is 0.380. The predicted molar refractivity (Wildman–Crippen MR) is 57.4 cm³/mol. The van der Waals surface area contributed by atoms with E-state index in [2.05, 4.69) is 0 Å². The molecule has 0 bridgehead atoms. The lowest BCUT2D eigenvalue weighted by Gasteiger charge is -2.31. The molecule has 1 heterocycles. The van der Waals surface area contributed by atoms with Crippen LogP contribution in [0.15, 0.2) is 12.2 Å². The molecule has 1 fully saturated rings. The summed E-state index contributed by atoms with van der Waals surface area (Å²) in [6, 6.07) is 0. The van der Waals surface area contributed by atoms with Crippen LogP contribution >= 0.6 is 11.6 Å². The molecule has 4 nitrogen and oxygen atoms in total. The molecule has 1 unspecified atom stereocenters. The number of halogens is 1. The van der Waals surface area contributed by atoms with E-state index >= 15 is 0 Å². The van der Waals surface area contributed by atoms with E-state index < -0.39 is 0 Å². The summed E-state index contributed by atoms with van der Waals surface area (Å²) in [6.45, 7) is 4.07. The predicted octanol–water partition coefficient (Wildman–Crippen LogP) is 1.46. The molecule has 0 aromatic rings. The van der Waals surface area contributed by atoms with Crippen LogP contribution < -0.4 is 0 Å². The highest BCUT2D eigenvalue weighted by atomic mass is 35.5. The second kappa shape index (κ2) is 5.12. The molecular formula is C9H14ClN3O. The van der Waals surface area contributed by atoms with Gasteiger partial charge in [0.2, 0.25) is 0 Å². The minimum Gasteiger partial charge on any atom is -0.375 e. The number of rotatable bonds is 2. The van der Waals surface area contributed by atoms with Crippen LogP contribution in [0.25, 0.3) is 0 Å². The van der Waals surface area contributed by atoms with Gasteiger partial charge in [0.05, 0.1) is 12.7 Å². The number of hydrogen-bond acceptors (Lipinski definition) is 3. The molecule has 0 spiro atoms. The summed E-state index contributed by atoms with van der Waals surface area (Å²) >= 11 is 5.35. The lowest BCUT2D eigenvalue weighted by Crippen LogP contribution is -2.43. The third kappa shape index (κ3) is 3.47. The summed E-state index contributed by atoms with van der Waals surface area (Å²) in [6.07, 6.45) is 3.10. The van der Waals surface area contributed by atoms with Crippen molar-refractivity contribution >= 4 is 22.6 Å². The van der Waals surface area contributed by atoms with Gasteiger partial charge < -0.3 is 9.64 Å². The Morgan fingerprint density at radius 2 is 2.21 bits per heavy atom. The van der Waals surface area contributed by atoms with Gasteiger partial charge in [0, 0.05) is 13.1 Å². The largest absolute Gasteiger partial charge is 0.375 e. The third-order valence-electron chi connectivity index (χ3n) is 1.97. The number of morpholine rings is 1. The Morgan fingerprint density at radius 3 is 2.79 bits per heavy atom. The van der Waals surface area contributed by atoms with Gasteiger partial charge >= 0.3 is 0 Å². The molecule has 1 saturated heterocycles. The summed E-state index contributed by atoms with van der Waals surface area (Å²) < 4.78 is 5.35. The smallest absolute Gasteiger partial charge is 0.120 e. The van der Waals surface area contributed by atoms with Crippen LogP contribution in [0.5, 0.6) is 0 Å². The van der Waals surface area contributed by atoms with Crippen molar-refractivity contribution in [1.29, 1.82) is 10.8 Å². The van der Waals surface area contributed by atoms with Crippen LogP contribution in [0, 0.1) is 10.8 Å². The maximum Gasteiger partial charge on any atom is 0.120 e. The molecule has 0 aliphatic carbocycles. The molecule has 2 N–H and O–H groups in total. The van der Waals surface area contributed by atoms with Crippen molar-refractivity contribution < 1.29 is 4.74 Å². The Hall–Kier alpha value is -0.870. The summed E-state index contributed by atoms with van der Waals surface area (Å²) in [7, 11) is 0. The van der Waals surface area contributed by atoms with Gasteiger partial charge in [-0.3, -0.25) is 10.8 Å². The molecule has 5 heteroatoms. The zero-order valence-electron chi connectivity index (χ0n) is 8.09. The first-order chi connectivity index (χ1) is 6.59. The number of amidine groups is 1. The maximum absolute atomic E-state index is 7.69. The van der Waals surface area contributed by atoms with Gasteiger partial charge in [-0.1, -0.05) is 11.6 Å². The minimum absolute atomic E-state index is 0.0592. The lowest BCUT2D eigenvalue weighted by molar-refractivity contribution is 0.00586. The summed E-state index contributed by atoms with van der Waals surface area (Å²) in [5, 5.41) is 14.6. The number of ether oxygens (including phenoxy) is 1. The average molecular weight is 216 g/mol. The molecule has 1 aliphatic heterocycles. The van der Waals surface area contributed by atoms with Crippen molar-refractivity contribution in [2.24, 2.45) is 0 Å². The average Bonchev–Trinajstić information content (AvgIpc) is 2.14. The number of hydrogen-bond donors (Lipinski definition) is 2. The normalized spacial score (nSPS) is 22.7. The van der Waals surface area contributed by atoms with E-state index in [1.807, 2.05) is 11.8 Å². The van der Waals surface area contributed by atoms with E-state index in [0.717, 1.165) is 13.1 Å². The second-order valence-corrected chi connectivity index (χ2v) is 3.60. The fourth-order valence-electron chi connectivity index (χ4n) is 1.29. The highest BCUT2D eigenvalue weighted by Gasteiger charge is 2.17. The highest BCUT2D eigenvalue weighted by Crippen LogP contribution is 2.05. The van der Waals surface area contributed by atoms with E-state index in [1.165, 1.54) is 12.2 Å². The monoisotopic (exact) mass is 215 g/mol. The van der Waals surface area contributed by atoms with Crippen molar-refractivity contribution in [2.75, 3.05) is 19.7 Å². The first kappa shape index (κ1) is 11.2. The van der Waals surface area contributed by atoms with E-state index in [1.54, 1.807) is 0 Å². The molecule has 1 rings (SSSR count). The Kier molecular flexibility index (Phi) is 4.10. The second-order valence-electron chi connectivity index (χ2n) is 3.19. The number of allylic oxidation sites excluding steroid dienone is 1. The van der Waals surface area contributed by atoms with Crippen molar-refractivity contribution in [3.63, 3.8) is 0 Å². The molecule has 14 heavy (non-hydrogen) atoms. The van der Waals surface area contributed by atoms with Gasteiger partial charge in [-0.25, -0.2) is 0 Å². The van der Waals surface area contributed by atoms with Crippen LogP contribution in [-0.2, 0) is 4.74 Å². The van der Waals surface area contributed by atoms with Crippen molar-refractivity contribution in [1.82, 2.24) is 4.90 Å². The number of nitrogens with one attached hydrogen (secondary N) is 2. The standard InChI is InChI=1S/C9H14ClN3O/c1-7-6-13(4-5-14-7)9(12)3-2-8(10)11/h2-3,7,11-12H,4-6H2,1H3/b3-2-,11-8?,12-9?. The first-order valence-corrected chi connectivity index (χ1v) is 4.84. The van der Waals surface area contributed by atoms with E-state index in [0.29, 0.717) is 12.4 Å². The zero-order chi connectivity index (χ0) is 10.6. The molecule has 0 radical (unpaired) electrons. The van der Waals surface area contributed by atoms with Crippen LogP contribution in [-0.4, -0.2) is 41.7 Å². The van der Waals surface area contributed by atoms with Crippen LogP contribution in [0.4, 0.5) is 0 Å². The summed E-state index contributed by atoms with van der Waals surface area (Å²) in [5.41, 5.74) is 0. The van der Waals surface area contributed by atoms with E-state index in [9.17, 15) is 0 Å². The molecule has 1 atom stereocenters. The Morgan fingerprint density at radius 1 is 1.50 bits per heavy atom. The van der Waals surface area contributed by atoms with Crippen molar-refractivity contribution in [3.05, 3.63) is 12.2 Å². The van der Waals surface area contributed by atoms with Gasteiger partial charge in [0.1, 0.15) is 11.0 Å². The van der Waals surface area contributed by atoms with Crippen molar-refractivity contribution in [3.8, 4) is 0 Å². The van der Waals surface area contributed by atoms with Gasteiger partial charge in [-0.2, -0.15) is 0 Å². The minimum atomic E-state index is -0.0592. The molecule has 78 valence electrons. The van der Waals surface area contributed by atoms with Gasteiger partial charge in [-0.05, 0) is 19.1 Å². The van der Waals surface area contributed by atoms with Crippen LogP contribution in [0.1, 0.15) is 6.92 Å². The topological polar surface area (TPSA) is 60.2 Å². The molecule has 0 amide bonds. The van der Waals surface area contributed by atoms with E-state index in [4.69, 9.17) is 27.2 Å². The fourth-order valence-corrected chi connectivity index (χ4v) is 1.36. The molecule has 0 aromatic heterocycles. The lowest BCUT2D eigenvalue weighted by atomic mass is 10.3. The van der Waals surface area contributed by atoms with Gasteiger partial charge in [-0.15, -0.1) is 0 Å². The molecular weight excluding hydrogens is 202 g/mol. The van der Waals surface area contributed by atoms with Crippen LogP contribution in [0.3, 0.4) is 0 Å². The highest BCUT2D eigenvalue weighted by molar-refractivity contribution is 6.67. The van der Waals surface area contributed by atoms with Gasteiger partial charge in [0.15, 0.2) is 0 Å². The third-order valence-corrected chi connectivity index (χ3v) is 2.10. The zero-order valence-corrected chi connectivity index (χ0v) is 8.84. The maximum atomic E-state index is 7.69. The summed E-state index contributed by atoms with van der Waals surface area (Å²) in [4.78, 5) is 1.91. The molecule has 0 aromatic carbocycles. The quantitative estimate of drug-likeness (QED) is 0.541. The first-order valence-electron chi connectivity index (χ1n) is 4.47. The number of nitrogens with zero attached hydrogens (tertiary/aromatic N) is 1. The Bertz CT molecular complexity index is 265. The van der Waals surface area contributed by atoms with Crippen LogP contribution in [0.2, 0.25) is 0 Å². The Labute approximate surface area is 88.5 Å². The fraction of sp³-hybridized carbons (Fsp3) is 0.556. The SMILES string of the molecule is CC1CN(C(=N)/C=C\C(=N)Cl)CCO1. The molecule has 1 aliphatic rings. The van der Waals surface area contributed by atoms with Crippen molar-refractivity contribution in [2.45, 2.75) is 13.0 Å². The molecule has 0 saturated carbocycles. The Balaban J connectivity index is 2.47. The van der Waals surface area contributed by atoms with Gasteiger partial charge in [0.25, 0.3) is 0 Å².